The summed E-state index contributed by atoms with van der Waals surface area (Å²) in [5, 5.41) is 11.4. The van der Waals surface area contributed by atoms with Crippen molar-refractivity contribution >= 4 is 13.8 Å². The Kier molecular flexibility index (Phi) is 13.4. The molecule has 0 amide bonds. The van der Waals surface area contributed by atoms with Crippen LogP contribution in [0.3, 0.4) is 0 Å². The Morgan fingerprint density at radius 3 is 2.40 bits per heavy atom. The Morgan fingerprint density at radius 2 is 1.74 bits per heavy atom. The maximum atomic E-state index is 13.9. The Hall–Kier alpha value is -1.92. The van der Waals surface area contributed by atoms with Gasteiger partial charge in [-0.05, 0) is 95.2 Å². The number of ether oxygens (including phenoxy) is 1. The zero-order valence-corrected chi connectivity index (χ0v) is 27.2. The summed E-state index contributed by atoms with van der Waals surface area (Å²) in [4.78, 5) is 24.5. The van der Waals surface area contributed by atoms with E-state index in [0.717, 1.165) is 75.3 Å². The van der Waals surface area contributed by atoms with Gasteiger partial charge in [0.15, 0.2) is 5.60 Å². The van der Waals surface area contributed by atoms with E-state index in [1.165, 1.54) is 5.57 Å². The van der Waals surface area contributed by atoms with Crippen LogP contribution in [0.2, 0.25) is 0 Å². The van der Waals surface area contributed by atoms with E-state index in [9.17, 15) is 19.4 Å². The molecule has 2 N–H and O–H groups in total. The third-order valence-electron chi connectivity index (χ3n) is 8.74. The van der Waals surface area contributed by atoms with Crippen molar-refractivity contribution in [2.45, 2.75) is 136 Å². The monoisotopic (exact) mass is 604 g/mol. The third-order valence-corrected chi connectivity index (χ3v) is 9.83. The van der Waals surface area contributed by atoms with Gasteiger partial charge in [-0.1, -0.05) is 76.2 Å². The second-order valence-electron chi connectivity index (χ2n) is 12.4. The van der Waals surface area contributed by atoms with Gasteiger partial charge < -0.3 is 14.7 Å². The van der Waals surface area contributed by atoms with Gasteiger partial charge in [0.2, 0.25) is 0 Å². The maximum Gasteiger partial charge on any atom is 0.473 e. The van der Waals surface area contributed by atoms with Crippen LogP contribution in [0, 0.1) is 5.92 Å². The van der Waals surface area contributed by atoms with Gasteiger partial charge in [0.1, 0.15) is 11.5 Å². The molecule has 1 aromatic rings. The van der Waals surface area contributed by atoms with E-state index >= 15 is 0 Å². The average molecular weight is 605 g/mol. The van der Waals surface area contributed by atoms with E-state index in [0.29, 0.717) is 24.8 Å². The Morgan fingerprint density at radius 1 is 1.07 bits per heavy atom. The number of allylic oxidation sites excluding steroid dienone is 3. The number of benzene rings is 1. The smallest absolute Gasteiger partial charge is 0.473 e. The van der Waals surface area contributed by atoms with Crippen LogP contribution < -0.4 is 4.74 Å². The second kappa shape index (κ2) is 16.2. The summed E-state index contributed by atoms with van der Waals surface area (Å²) in [6.07, 6.45) is 14.5. The molecule has 2 aliphatic carbocycles. The normalized spacial score (nSPS) is 21.5. The van der Waals surface area contributed by atoms with Gasteiger partial charge in [0, 0.05) is 11.5 Å². The number of hydrogen-bond donors (Lipinski definition) is 2. The van der Waals surface area contributed by atoms with Gasteiger partial charge in [-0.15, -0.1) is 0 Å². The molecule has 0 saturated heterocycles. The SMILES string of the molecule is C=C(C)[C@@H]1CCC(C)=C[C@H]1c1c(O)cc(CCCCC)cc1OC(=O)C1(OP(=O)(O)OCCCCCCC)CCCC1. The molecule has 0 aromatic heterocycles. The zero-order chi connectivity index (χ0) is 30.8. The molecule has 1 saturated carbocycles. The summed E-state index contributed by atoms with van der Waals surface area (Å²) < 4.78 is 30.1. The highest BCUT2D eigenvalue weighted by Crippen LogP contribution is 2.53. The summed E-state index contributed by atoms with van der Waals surface area (Å²) in [7, 11) is -4.50. The van der Waals surface area contributed by atoms with Gasteiger partial charge in [0.25, 0.3) is 0 Å². The van der Waals surface area contributed by atoms with Crippen molar-refractivity contribution in [2.24, 2.45) is 5.92 Å². The number of hydrogen-bond acceptors (Lipinski definition) is 6. The molecule has 2 aliphatic rings. The summed E-state index contributed by atoms with van der Waals surface area (Å²) in [5.74, 6) is -0.453. The van der Waals surface area contributed by atoms with Crippen LogP contribution in [0.25, 0.3) is 0 Å². The number of phosphoric acid groups is 1. The number of aryl methyl sites for hydroxylation is 1. The molecular formula is C34H53O7P. The minimum absolute atomic E-state index is 0.0862. The highest BCUT2D eigenvalue weighted by Gasteiger charge is 2.50. The average Bonchev–Trinajstić information content (AvgIpc) is 3.39. The second-order valence-corrected chi connectivity index (χ2v) is 13.8. The first kappa shape index (κ1) is 34.6. The lowest BCUT2D eigenvalue weighted by Gasteiger charge is -2.33. The van der Waals surface area contributed by atoms with E-state index in [-0.39, 0.29) is 42.8 Å². The number of phosphoric ester groups is 1. The number of unbranched alkanes of at least 4 members (excludes halogenated alkanes) is 6. The minimum Gasteiger partial charge on any atom is -0.507 e. The quantitative estimate of drug-likeness (QED) is 0.0600. The largest absolute Gasteiger partial charge is 0.507 e. The number of rotatable bonds is 17. The van der Waals surface area contributed by atoms with Crippen molar-refractivity contribution in [3.63, 3.8) is 0 Å². The molecule has 3 atom stereocenters. The molecule has 3 rings (SSSR count). The molecule has 8 heteroatoms. The first-order chi connectivity index (χ1) is 20.0. The number of carbonyl (C=O) groups is 1. The fourth-order valence-electron chi connectivity index (χ4n) is 6.32. The standard InChI is InChI=1S/C34H53O7P/c1-6-8-10-11-15-21-39-42(37,38)41-34(19-13-14-20-34)33(36)40-31-24-27(16-12-9-7-2)23-30(35)32(31)29-22-26(5)17-18-28(29)25(3)4/h22-24,28-29,35H,3,6-21H2,1-2,4-5H3,(H,37,38)/t28-,29+/m0/s1. The van der Waals surface area contributed by atoms with Crippen LogP contribution in [0.1, 0.15) is 135 Å². The molecule has 0 heterocycles. The molecular weight excluding hydrogens is 551 g/mol. The molecule has 236 valence electrons. The fraction of sp³-hybridized carbons (Fsp3) is 0.676. The highest BCUT2D eigenvalue weighted by molar-refractivity contribution is 7.47. The molecule has 0 bridgehead atoms. The van der Waals surface area contributed by atoms with Gasteiger partial charge in [-0.3, -0.25) is 9.05 Å². The molecule has 42 heavy (non-hydrogen) atoms. The van der Waals surface area contributed by atoms with Crippen LogP contribution in [0.15, 0.2) is 35.9 Å². The van der Waals surface area contributed by atoms with E-state index in [2.05, 4.69) is 33.4 Å². The predicted octanol–water partition coefficient (Wildman–Crippen LogP) is 9.46. The number of aromatic hydroxyl groups is 1. The number of esters is 1. The fourth-order valence-corrected chi connectivity index (χ4v) is 7.43. The van der Waals surface area contributed by atoms with Crippen molar-refractivity contribution in [3.8, 4) is 11.5 Å². The van der Waals surface area contributed by atoms with Gasteiger partial charge >= 0.3 is 13.8 Å². The lowest BCUT2D eigenvalue weighted by molar-refractivity contribution is -0.153. The number of carbonyl (C=O) groups excluding carboxylic acids is 1. The third kappa shape index (κ3) is 9.54. The Balaban J connectivity index is 1.90. The Labute approximate surface area is 253 Å². The summed E-state index contributed by atoms with van der Waals surface area (Å²) >= 11 is 0. The molecule has 0 spiro atoms. The van der Waals surface area contributed by atoms with Crippen LogP contribution >= 0.6 is 7.82 Å². The van der Waals surface area contributed by atoms with Crippen molar-refractivity contribution in [3.05, 3.63) is 47.1 Å². The van der Waals surface area contributed by atoms with Crippen molar-refractivity contribution in [2.75, 3.05) is 6.61 Å². The van der Waals surface area contributed by atoms with Gasteiger partial charge in [-0.25, -0.2) is 9.36 Å². The summed E-state index contributed by atoms with van der Waals surface area (Å²) in [6, 6.07) is 3.64. The Bertz CT molecular complexity index is 1130. The summed E-state index contributed by atoms with van der Waals surface area (Å²) in [6.45, 7) is 12.7. The topological polar surface area (TPSA) is 102 Å². The molecule has 7 nitrogen and oxygen atoms in total. The van der Waals surface area contributed by atoms with Crippen LogP contribution in [0.5, 0.6) is 11.5 Å². The predicted molar refractivity (Wildman–Crippen MR) is 168 cm³/mol. The number of phenolic OH excluding ortho intramolecular Hbond substituents is 1. The van der Waals surface area contributed by atoms with Gasteiger partial charge in [0.05, 0.1) is 6.61 Å². The molecule has 0 radical (unpaired) electrons. The van der Waals surface area contributed by atoms with E-state index in [1.807, 2.05) is 13.0 Å². The number of phenols is 1. The molecule has 0 aliphatic heterocycles. The zero-order valence-electron chi connectivity index (χ0n) is 26.3. The lowest BCUT2D eigenvalue weighted by atomic mass is 9.73. The van der Waals surface area contributed by atoms with Crippen LogP contribution in [-0.2, 0) is 24.8 Å². The van der Waals surface area contributed by atoms with Gasteiger partial charge in [-0.2, -0.15) is 0 Å². The highest BCUT2D eigenvalue weighted by atomic mass is 31.2. The first-order valence-electron chi connectivity index (χ1n) is 16.1. The van der Waals surface area contributed by atoms with Crippen LogP contribution in [-0.4, -0.2) is 28.2 Å². The van der Waals surface area contributed by atoms with E-state index < -0.39 is 19.4 Å². The molecule has 1 unspecified atom stereocenters. The van der Waals surface area contributed by atoms with Crippen molar-refractivity contribution < 1.29 is 33.1 Å². The van der Waals surface area contributed by atoms with Crippen LogP contribution in [0.4, 0.5) is 0 Å². The van der Waals surface area contributed by atoms with E-state index in [4.69, 9.17) is 13.8 Å². The minimum atomic E-state index is -4.50. The molecule has 1 aromatic carbocycles. The van der Waals surface area contributed by atoms with Crippen molar-refractivity contribution in [1.29, 1.82) is 0 Å². The lowest BCUT2D eigenvalue weighted by Crippen LogP contribution is -2.41. The summed E-state index contributed by atoms with van der Waals surface area (Å²) in [5.41, 5.74) is 2.08. The van der Waals surface area contributed by atoms with E-state index in [1.54, 1.807) is 6.07 Å². The molecule has 1 fully saturated rings. The maximum absolute atomic E-state index is 13.9. The first-order valence-corrected chi connectivity index (χ1v) is 17.6. The van der Waals surface area contributed by atoms with Crippen molar-refractivity contribution in [1.82, 2.24) is 0 Å².